The second-order valence-corrected chi connectivity index (χ2v) is 4.10. The van der Waals surface area contributed by atoms with Crippen LogP contribution in [0, 0.1) is 0 Å². The van der Waals surface area contributed by atoms with Crippen molar-refractivity contribution in [3.05, 3.63) is 0 Å². The molecule has 1 heterocycles. The van der Waals surface area contributed by atoms with Gasteiger partial charge in [-0.1, -0.05) is 19.8 Å². The molecular weight excluding hydrogens is 178 g/mol. The van der Waals surface area contributed by atoms with Gasteiger partial charge in [0.2, 0.25) is 0 Å². The molecule has 4 nitrogen and oxygen atoms in total. The van der Waals surface area contributed by atoms with Crippen LogP contribution >= 0.6 is 0 Å². The fourth-order valence-corrected chi connectivity index (χ4v) is 2.18. The number of nitrogens with one attached hydrogen (secondary N) is 2. The van der Waals surface area contributed by atoms with E-state index in [2.05, 4.69) is 22.5 Å². The molecule has 1 spiro atoms. The molecule has 1 amide bonds. The van der Waals surface area contributed by atoms with Crippen LogP contribution in [0.4, 0.5) is 0 Å². The minimum absolute atomic E-state index is 0.116. The number of amides is 1. The fourth-order valence-electron chi connectivity index (χ4n) is 2.18. The van der Waals surface area contributed by atoms with Gasteiger partial charge in [-0.15, -0.1) is 0 Å². The van der Waals surface area contributed by atoms with E-state index < -0.39 is 0 Å². The highest BCUT2D eigenvalue weighted by Gasteiger charge is 2.46. The number of nitrogens with zero attached hydrogens (tertiary/aromatic N) is 1. The Morgan fingerprint density at radius 3 is 2.79 bits per heavy atom. The lowest BCUT2D eigenvalue weighted by atomic mass is 9.99. The third-order valence-electron chi connectivity index (χ3n) is 2.97. The smallest absolute Gasteiger partial charge is 0.252 e. The van der Waals surface area contributed by atoms with E-state index in [1.165, 1.54) is 0 Å². The molecular formula is C10H17N3O. The quantitative estimate of drug-likeness (QED) is 0.684. The minimum Gasteiger partial charge on any atom is -0.342 e. The maximum absolute atomic E-state index is 11.7. The van der Waals surface area contributed by atoms with E-state index in [-0.39, 0.29) is 11.4 Å². The zero-order valence-electron chi connectivity index (χ0n) is 8.60. The topological polar surface area (TPSA) is 53.5 Å². The minimum atomic E-state index is -0.313. The Kier molecular flexibility index (Phi) is 2.44. The summed E-state index contributed by atoms with van der Waals surface area (Å²) in [4.78, 5) is 16.0. The number of aliphatic imine (C=N–C) groups is 1. The van der Waals surface area contributed by atoms with Crippen molar-refractivity contribution in [2.24, 2.45) is 4.99 Å². The van der Waals surface area contributed by atoms with Gasteiger partial charge in [-0.05, 0) is 19.3 Å². The number of rotatable bonds is 2. The van der Waals surface area contributed by atoms with E-state index >= 15 is 0 Å². The average molecular weight is 195 g/mol. The van der Waals surface area contributed by atoms with Gasteiger partial charge in [0.25, 0.3) is 5.91 Å². The van der Waals surface area contributed by atoms with Gasteiger partial charge < -0.3 is 5.32 Å². The molecule has 0 bridgehead atoms. The van der Waals surface area contributed by atoms with Gasteiger partial charge in [0.1, 0.15) is 5.54 Å². The van der Waals surface area contributed by atoms with Gasteiger partial charge in [-0.3, -0.25) is 15.1 Å². The second kappa shape index (κ2) is 3.59. The van der Waals surface area contributed by atoms with Gasteiger partial charge in [0.15, 0.2) is 5.96 Å². The molecule has 1 aliphatic heterocycles. The summed E-state index contributed by atoms with van der Waals surface area (Å²) < 4.78 is 0. The predicted molar refractivity (Wildman–Crippen MR) is 55.1 cm³/mol. The van der Waals surface area contributed by atoms with E-state index in [9.17, 15) is 4.79 Å². The standard InChI is InChI=1S/C10H17N3O/c1-2-7-11-9-12-8(14)10(13-9)5-3-4-6-10/h2-7H2,1H3,(H2,11,12,13,14). The Morgan fingerprint density at radius 1 is 1.43 bits per heavy atom. The molecule has 1 saturated heterocycles. The lowest BCUT2D eigenvalue weighted by Gasteiger charge is -2.18. The fraction of sp³-hybridized carbons (Fsp3) is 0.800. The maximum atomic E-state index is 11.7. The molecule has 14 heavy (non-hydrogen) atoms. The van der Waals surface area contributed by atoms with Crippen LogP contribution in [0.15, 0.2) is 4.99 Å². The summed E-state index contributed by atoms with van der Waals surface area (Å²) in [6.45, 7) is 2.85. The molecule has 2 aliphatic rings. The van der Waals surface area contributed by atoms with Crippen molar-refractivity contribution in [2.75, 3.05) is 6.54 Å². The Balaban J connectivity index is 2.06. The lowest BCUT2D eigenvalue weighted by molar-refractivity contribution is -0.123. The van der Waals surface area contributed by atoms with E-state index in [1.54, 1.807) is 0 Å². The highest BCUT2D eigenvalue weighted by molar-refractivity contribution is 6.09. The van der Waals surface area contributed by atoms with Crippen molar-refractivity contribution in [1.82, 2.24) is 10.6 Å². The molecule has 1 aliphatic carbocycles. The lowest BCUT2D eigenvalue weighted by Crippen LogP contribution is -2.43. The van der Waals surface area contributed by atoms with Crippen molar-refractivity contribution >= 4 is 11.9 Å². The summed E-state index contributed by atoms with van der Waals surface area (Å²) in [6.07, 6.45) is 5.19. The van der Waals surface area contributed by atoms with Crippen molar-refractivity contribution in [2.45, 2.75) is 44.6 Å². The third-order valence-corrected chi connectivity index (χ3v) is 2.97. The Bertz CT molecular complexity index is 267. The second-order valence-electron chi connectivity index (χ2n) is 4.10. The first-order valence-corrected chi connectivity index (χ1v) is 5.41. The Morgan fingerprint density at radius 2 is 2.14 bits per heavy atom. The number of carbonyl (C=O) groups is 1. The number of carbonyl (C=O) groups excluding carboxylic acids is 1. The number of guanidine groups is 1. The molecule has 4 heteroatoms. The SMILES string of the molecule is CCCN=C1NC(=O)C2(CCCC2)N1. The molecule has 2 fully saturated rings. The number of hydrogen-bond acceptors (Lipinski definition) is 2. The van der Waals surface area contributed by atoms with Crippen LogP contribution in [0.3, 0.4) is 0 Å². The molecule has 0 radical (unpaired) electrons. The Labute approximate surface area is 84.2 Å². The summed E-state index contributed by atoms with van der Waals surface area (Å²) >= 11 is 0. The Hall–Kier alpha value is -1.06. The molecule has 2 N–H and O–H groups in total. The molecule has 2 rings (SSSR count). The first-order valence-electron chi connectivity index (χ1n) is 5.41. The van der Waals surface area contributed by atoms with Crippen LogP contribution in [0.25, 0.3) is 0 Å². The maximum Gasteiger partial charge on any atom is 0.252 e. The largest absolute Gasteiger partial charge is 0.342 e. The van der Waals surface area contributed by atoms with Gasteiger partial charge in [0, 0.05) is 6.54 Å². The molecule has 78 valence electrons. The van der Waals surface area contributed by atoms with Crippen molar-refractivity contribution in [3.63, 3.8) is 0 Å². The molecule has 1 saturated carbocycles. The summed E-state index contributed by atoms with van der Waals surface area (Å²) in [5, 5.41) is 6.06. The summed E-state index contributed by atoms with van der Waals surface area (Å²) in [7, 11) is 0. The monoisotopic (exact) mass is 195 g/mol. The zero-order valence-corrected chi connectivity index (χ0v) is 8.60. The van der Waals surface area contributed by atoms with Crippen LogP contribution in [0.1, 0.15) is 39.0 Å². The first-order chi connectivity index (χ1) is 6.77. The zero-order chi connectivity index (χ0) is 10.0. The molecule has 0 aromatic carbocycles. The van der Waals surface area contributed by atoms with E-state index in [0.717, 1.165) is 38.6 Å². The summed E-state index contributed by atoms with van der Waals surface area (Å²) in [5.74, 6) is 0.795. The molecule has 0 aromatic heterocycles. The number of hydrogen-bond donors (Lipinski definition) is 2. The average Bonchev–Trinajstić information content (AvgIpc) is 2.74. The van der Waals surface area contributed by atoms with Crippen molar-refractivity contribution in [3.8, 4) is 0 Å². The predicted octanol–water partition coefficient (Wildman–Crippen LogP) is 0.785. The molecule has 0 aromatic rings. The van der Waals surface area contributed by atoms with Crippen molar-refractivity contribution < 1.29 is 4.79 Å². The van der Waals surface area contributed by atoms with E-state index in [1.807, 2.05) is 0 Å². The highest BCUT2D eigenvalue weighted by atomic mass is 16.2. The van der Waals surface area contributed by atoms with Crippen LogP contribution in [-0.4, -0.2) is 24.0 Å². The molecule has 0 atom stereocenters. The molecule has 0 unspecified atom stereocenters. The van der Waals surface area contributed by atoms with E-state index in [4.69, 9.17) is 0 Å². The van der Waals surface area contributed by atoms with Crippen LogP contribution in [0.2, 0.25) is 0 Å². The third kappa shape index (κ3) is 1.49. The van der Waals surface area contributed by atoms with Gasteiger partial charge >= 0.3 is 0 Å². The normalized spacial score (nSPS) is 26.9. The van der Waals surface area contributed by atoms with E-state index in [0.29, 0.717) is 5.96 Å². The highest BCUT2D eigenvalue weighted by Crippen LogP contribution is 2.31. The van der Waals surface area contributed by atoms with Gasteiger partial charge in [-0.2, -0.15) is 0 Å². The van der Waals surface area contributed by atoms with Crippen LogP contribution in [0.5, 0.6) is 0 Å². The van der Waals surface area contributed by atoms with Crippen molar-refractivity contribution in [1.29, 1.82) is 0 Å². The summed E-state index contributed by atoms with van der Waals surface area (Å²) in [6, 6.07) is 0. The first kappa shape index (κ1) is 9.49. The van der Waals surface area contributed by atoms with Crippen LogP contribution in [-0.2, 0) is 4.79 Å². The van der Waals surface area contributed by atoms with Gasteiger partial charge in [-0.25, -0.2) is 0 Å². The van der Waals surface area contributed by atoms with Gasteiger partial charge in [0.05, 0.1) is 0 Å². The van der Waals surface area contributed by atoms with Crippen LogP contribution < -0.4 is 10.6 Å². The summed E-state index contributed by atoms with van der Waals surface area (Å²) in [5.41, 5.74) is -0.313.